The van der Waals surface area contributed by atoms with Crippen LogP contribution in [-0.4, -0.2) is 4.61 Å². The Morgan fingerprint density at radius 3 is 3.00 bits per heavy atom. The predicted molar refractivity (Wildman–Crippen MR) is 44.8 cm³/mol. The van der Waals surface area contributed by atoms with Gasteiger partial charge in [-0.3, -0.25) is 0 Å². The molecule has 1 aromatic carbocycles. The summed E-state index contributed by atoms with van der Waals surface area (Å²) in [6.07, 6.45) is 0. The minimum absolute atomic E-state index is 0.679. The molecular weight excluding hydrogens is 227 g/mol. The molecule has 0 unspecified atom stereocenters. The molecule has 0 N–H and O–H groups in total. The van der Waals surface area contributed by atoms with Crippen LogP contribution in [0.3, 0.4) is 0 Å². The Bertz CT molecular complexity index is 162. The van der Waals surface area contributed by atoms with Gasteiger partial charge in [-0.15, -0.1) is 0 Å². The summed E-state index contributed by atoms with van der Waals surface area (Å²) in [4.78, 5) is 0. The molecule has 1 aromatic rings. The van der Waals surface area contributed by atoms with E-state index in [1.807, 2.05) is 24.3 Å². The monoisotopic (exact) mass is 233 g/mol. The van der Waals surface area contributed by atoms with Crippen LogP contribution >= 0.6 is 22.6 Å². The maximum absolute atomic E-state index is 5.14. The average Bonchev–Trinajstić information content (AvgIpc) is 1.91. The maximum atomic E-state index is 5.14. The number of benzene rings is 1. The molecule has 0 fully saturated rings. The van der Waals surface area contributed by atoms with Crippen molar-refractivity contribution in [2.45, 2.75) is 0 Å². The highest BCUT2D eigenvalue weighted by Crippen LogP contribution is 2.07. The topological polar surface area (TPSA) is 9.23 Å². The first kappa shape index (κ1) is 6.86. The highest BCUT2D eigenvalue weighted by atomic mass is 127. The van der Waals surface area contributed by atoms with Crippen molar-refractivity contribution in [2.24, 2.45) is 0 Å². The molecule has 0 bridgehead atoms. The lowest BCUT2D eigenvalue weighted by Crippen LogP contribution is -1.86. The zero-order valence-corrected chi connectivity index (χ0v) is 6.96. The molecule has 0 atom stereocenters. The van der Waals surface area contributed by atoms with Gasteiger partial charge in [0.1, 0.15) is 10.4 Å². The largest absolute Gasteiger partial charge is 0.483 e. The second-order valence-corrected chi connectivity index (χ2v) is 2.10. The number of hydrogen-bond acceptors (Lipinski definition) is 1. The molecule has 0 heterocycles. The number of hydrogen-bond donors (Lipinski definition) is 0. The van der Waals surface area contributed by atoms with Gasteiger partial charge in [-0.1, -0.05) is 18.2 Å². The lowest BCUT2D eigenvalue weighted by molar-refractivity contribution is 0.403. The van der Waals surface area contributed by atoms with E-state index in [-0.39, 0.29) is 0 Å². The molecular formula is C7H6IO. The Balaban J connectivity index is 2.61. The lowest BCUT2D eigenvalue weighted by Gasteiger charge is -1.97. The van der Waals surface area contributed by atoms with Gasteiger partial charge < -0.3 is 4.74 Å². The summed E-state index contributed by atoms with van der Waals surface area (Å²) in [5, 5.41) is 0. The number of ether oxygens (including phenoxy) is 1. The molecule has 0 aliphatic carbocycles. The van der Waals surface area contributed by atoms with Gasteiger partial charge in [0.2, 0.25) is 0 Å². The fourth-order valence-electron chi connectivity index (χ4n) is 0.525. The number of halogens is 1. The van der Waals surface area contributed by atoms with Crippen LogP contribution in [0.4, 0.5) is 0 Å². The molecule has 0 amide bonds. The minimum atomic E-state index is 0.679. The van der Waals surface area contributed by atoms with Crippen LogP contribution in [-0.2, 0) is 0 Å². The fraction of sp³-hybridized carbons (Fsp3) is 0.143. The first-order valence-electron chi connectivity index (χ1n) is 2.59. The van der Waals surface area contributed by atoms with Crippen LogP contribution in [0.15, 0.2) is 24.3 Å². The quantitative estimate of drug-likeness (QED) is 0.562. The number of para-hydroxylation sites is 1. The van der Waals surface area contributed by atoms with Crippen molar-refractivity contribution in [3.8, 4) is 5.75 Å². The normalized spacial score (nSPS) is 9.00. The van der Waals surface area contributed by atoms with Crippen molar-refractivity contribution in [1.29, 1.82) is 0 Å². The summed E-state index contributed by atoms with van der Waals surface area (Å²) < 4.78 is 5.82. The van der Waals surface area contributed by atoms with Crippen molar-refractivity contribution in [3.05, 3.63) is 30.3 Å². The average molecular weight is 233 g/mol. The smallest absolute Gasteiger partial charge is 0.139 e. The molecule has 0 aromatic heterocycles. The summed E-state index contributed by atoms with van der Waals surface area (Å²) in [5.74, 6) is 0.812. The molecule has 9 heavy (non-hydrogen) atoms. The number of alkyl halides is 1. The van der Waals surface area contributed by atoms with E-state index < -0.39 is 0 Å². The van der Waals surface area contributed by atoms with Gasteiger partial charge in [0, 0.05) is 6.07 Å². The third-order valence-electron chi connectivity index (χ3n) is 0.891. The summed E-state index contributed by atoms with van der Waals surface area (Å²) in [6.45, 7) is 0. The molecule has 47 valence electrons. The highest BCUT2D eigenvalue weighted by Gasteiger charge is 1.85. The summed E-state index contributed by atoms with van der Waals surface area (Å²) >= 11 is 2.15. The summed E-state index contributed by atoms with van der Waals surface area (Å²) in [7, 11) is 0. The first-order valence-corrected chi connectivity index (χ1v) is 4.11. The molecule has 1 rings (SSSR count). The molecule has 0 aliphatic rings. The molecule has 1 radical (unpaired) electrons. The van der Waals surface area contributed by atoms with Gasteiger partial charge in [-0.05, 0) is 28.7 Å². The van der Waals surface area contributed by atoms with E-state index in [9.17, 15) is 0 Å². The van der Waals surface area contributed by atoms with Crippen LogP contribution < -0.4 is 4.74 Å². The van der Waals surface area contributed by atoms with Crippen molar-refractivity contribution in [3.63, 3.8) is 0 Å². The Morgan fingerprint density at radius 2 is 2.44 bits per heavy atom. The first-order chi connectivity index (χ1) is 4.43. The molecule has 1 nitrogen and oxygen atoms in total. The zero-order valence-electron chi connectivity index (χ0n) is 4.80. The maximum Gasteiger partial charge on any atom is 0.139 e. The molecule has 2 heteroatoms. The Hall–Kier alpha value is -0.250. The van der Waals surface area contributed by atoms with Crippen LogP contribution in [0.2, 0.25) is 0 Å². The van der Waals surface area contributed by atoms with Gasteiger partial charge in [0.15, 0.2) is 0 Å². The van der Waals surface area contributed by atoms with E-state index in [1.165, 1.54) is 0 Å². The van der Waals surface area contributed by atoms with E-state index in [2.05, 4.69) is 28.7 Å². The molecule has 0 saturated carbocycles. The van der Waals surface area contributed by atoms with Gasteiger partial charge in [-0.2, -0.15) is 0 Å². The van der Waals surface area contributed by atoms with E-state index in [4.69, 9.17) is 4.74 Å². The molecule has 0 aliphatic heterocycles. The molecule has 0 saturated heterocycles. The second kappa shape index (κ2) is 3.71. The van der Waals surface area contributed by atoms with Crippen LogP contribution in [0.5, 0.6) is 5.75 Å². The van der Waals surface area contributed by atoms with E-state index in [0.29, 0.717) is 4.61 Å². The third-order valence-corrected chi connectivity index (χ3v) is 1.20. The Kier molecular flexibility index (Phi) is 2.83. The van der Waals surface area contributed by atoms with Crippen molar-refractivity contribution < 1.29 is 4.74 Å². The van der Waals surface area contributed by atoms with Crippen LogP contribution in [0, 0.1) is 6.07 Å². The standard InChI is InChI=1S/C7H6IO/c8-6-9-7-4-2-1-3-5-7/h1-4H,6H2. The summed E-state index contributed by atoms with van der Waals surface area (Å²) in [5.41, 5.74) is 0. The van der Waals surface area contributed by atoms with Crippen molar-refractivity contribution >= 4 is 22.6 Å². The SMILES string of the molecule is ICOc1[c]cccc1. The predicted octanol–water partition coefficient (Wildman–Crippen LogP) is 2.26. The van der Waals surface area contributed by atoms with E-state index >= 15 is 0 Å². The Morgan fingerprint density at radius 1 is 1.56 bits per heavy atom. The van der Waals surface area contributed by atoms with Crippen molar-refractivity contribution in [2.75, 3.05) is 4.61 Å². The van der Waals surface area contributed by atoms with Gasteiger partial charge in [0.25, 0.3) is 0 Å². The highest BCUT2D eigenvalue weighted by molar-refractivity contribution is 14.1. The van der Waals surface area contributed by atoms with E-state index in [1.54, 1.807) is 0 Å². The van der Waals surface area contributed by atoms with Crippen LogP contribution in [0.25, 0.3) is 0 Å². The fourth-order valence-corrected chi connectivity index (χ4v) is 0.861. The zero-order chi connectivity index (χ0) is 6.53. The van der Waals surface area contributed by atoms with Gasteiger partial charge in [-0.25, -0.2) is 0 Å². The van der Waals surface area contributed by atoms with Gasteiger partial charge in [0.05, 0.1) is 0 Å². The van der Waals surface area contributed by atoms with Gasteiger partial charge >= 0.3 is 0 Å². The lowest BCUT2D eigenvalue weighted by atomic mass is 10.3. The van der Waals surface area contributed by atoms with Crippen molar-refractivity contribution in [1.82, 2.24) is 0 Å². The van der Waals surface area contributed by atoms with E-state index in [0.717, 1.165) is 5.75 Å². The summed E-state index contributed by atoms with van der Waals surface area (Å²) in [6, 6.07) is 10.5. The minimum Gasteiger partial charge on any atom is -0.483 e. The number of rotatable bonds is 2. The van der Waals surface area contributed by atoms with Crippen LogP contribution in [0.1, 0.15) is 0 Å². The Labute approximate surface area is 68.2 Å². The second-order valence-electron chi connectivity index (χ2n) is 1.48. The molecule has 0 spiro atoms. The third kappa shape index (κ3) is 2.22.